The molecule has 0 fully saturated rings. The highest BCUT2D eigenvalue weighted by atomic mass is 32.2. The maximum Gasteiger partial charge on any atom is 0.211 e. The number of fused-ring (bicyclic) bond motifs is 1. The highest BCUT2D eigenvalue weighted by Crippen LogP contribution is 2.21. The smallest absolute Gasteiger partial charge is 0.211 e. The molecule has 0 N–H and O–H groups in total. The first-order valence-electron chi connectivity index (χ1n) is 7.95. The van der Waals surface area contributed by atoms with E-state index in [4.69, 9.17) is 0 Å². The van der Waals surface area contributed by atoms with Gasteiger partial charge in [-0.05, 0) is 17.9 Å². The molecule has 6 heteroatoms. The topological polar surface area (TPSA) is 48.0 Å². The molecule has 4 aromatic rings. The van der Waals surface area contributed by atoms with Crippen molar-refractivity contribution in [3.8, 4) is 0 Å². The van der Waals surface area contributed by atoms with E-state index in [1.54, 1.807) is 11.0 Å². The van der Waals surface area contributed by atoms with Gasteiger partial charge in [-0.15, -0.1) is 10.2 Å². The monoisotopic (exact) mass is 347 g/mol. The van der Waals surface area contributed by atoms with Crippen LogP contribution in [0.4, 0.5) is 0 Å². The molecule has 2 aromatic carbocycles. The van der Waals surface area contributed by atoms with Crippen LogP contribution in [0.1, 0.15) is 11.1 Å². The molecule has 124 valence electrons. The van der Waals surface area contributed by atoms with Gasteiger partial charge in [0, 0.05) is 29.2 Å². The summed E-state index contributed by atoms with van der Waals surface area (Å²) in [5.74, 6) is 0. The van der Waals surface area contributed by atoms with Crippen molar-refractivity contribution in [1.82, 2.24) is 19.4 Å². The van der Waals surface area contributed by atoms with E-state index in [1.165, 1.54) is 28.2 Å². The Hall–Kier alpha value is -2.86. The fourth-order valence-corrected chi connectivity index (χ4v) is 3.26. The van der Waals surface area contributed by atoms with Crippen molar-refractivity contribution in [2.24, 2.45) is 5.10 Å². The largest absolute Gasteiger partial charge is 0.342 e. The zero-order valence-electron chi connectivity index (χ0n) is 13.8. The summed E-state index contributed by atoms with van der Waals surface area (Å²) in [5.41, 5.74) is 3.55. The van der Waals surface area contributed by atoms with Crippen LogP contribution in [0.25, 0.3) is 10.9 Å². The molecule has 0 aliphatic carbocycles. The minimum atomic E-state index is 0.768. The predicted molar refractivity (Wildman–Crippen MR) is 102 cm³/mol. The number of aromatic nitrogens is 4. The molecule has 0 amide bonds. The Labute approximate surface area is 150 Å². The summed E-state index contributed by atoms with van der Waals surface area (Å²) >= 11 is 1.52. The van der Waals surface area contributed by atoms with E-state index in [9.17, 15) is 0 Å². The zero-order valence-corrected chi connectivity index (χ0v) is 14.6. The Kier molecular flexibility index (Phi) is 4.35. The Morgan fingerprint density at radius 2 is 1.88 bits per heavy atom. The SMILES string of the molecule is CSc1nncn1/N=C\c1cn(Cc2ccccc2)c2ccccc12. The first-order valence-corrected chi connectivity index (χ1v) is 9.18. The molecule has 0 atom stereocenters. The van der Waals surface area contributed by atoms with Gasteiger partial charge in [-0.25, -0.2) is 0 Å². The third-order valence-corrected chi connectivity index (χ3v) is 4.65. The summed E-state index contributed by atoms with van der Waals surface area (Å²) in [4.78, 5) is 0. The summed E-state index contributed by atoms with van der Waals surface area (Å²) in [6.07, 6.45) is 7.59. The van der Waals surface area contributed by atoms with Crippen LogP contribution in [0, 0.1) is 0 Å². The quantitative estimate of drug-likeness (QED) is 0.406. The van der Waals surface area contributed by atoms with Gasteiger partial charge >= 0.3 is 0 Å². The summed E-state index contributed by atoms with van der Waals surface area (Å²) in [5, 5.41) is 14.4. The van der Waals surface area contributed by atoms with E-state index < -0.39 is 0 Å². The van der Waals surface area contributed by atoms with Gasteiger partial charge in [0.15, 0.2) is 0 Å². The van der Waals surface area contributed by atoms with Crippen molar-refractivity contribution in [1.29, 1.82) is 0 Å². The average molecular weight is 347 g/mol. The normalized spacial score (nSPS) is 11.6. The molecule has 0 bridgehead atoms. The third-order valence-electron chi connectivity index (χ3n) is 4.02. The lowest BCUT2D eigenvalue weighted by atomic mass is 10.2. The molecule has 0 aliphatic heterocycles. The summed E-state index contributed by atoms with van der Waals surface area (Å²) < 4.78 is 3.95. The molecule has 5 nitrogen and oxygen atoms in total. The minimum absolute atomic E-state index is 0.768. The number of nitrogens with zero attached hydrogens (tertiary/aromatic N) is 5. The fraction of sp³-hybridized carbons (Fsp3) is 0.105. The van der Waals surface area contributed by atoms with Crippen LogP contribution in [0.5, 0.6) is 0 Å². The van der Waals surface area contributed by atoms with Crippen LogP contribution in [0.3, 0.4) is 0 Å². The van der Waals surface area contributed by atoms with E-state index in [2.05, 4.69) is 74.6 Å². The van der Waals surface area contributed by atoms with Gasteiger partial charge in [0.05, 0.1) is 6.21 Å². The fourth-order valence-electron chi connectivity index (χ4n) is 2.85. The second kappa shape index (κ2) is 6.94. The highest BCUT2D eigenvalue weighted by molar-refractivity contribution is 7.98. The van der Waals surface area contributed by atoms with Gasteiger partial charge in [-0.2, -0.15) is 9.78 Å². The van der Waals surface area contributed by atoms with Gasteiger partial charge in [0.1, 0.15) is 6.33 Å². The van der Waals surface area contributed by atoms with Crippen molar-refractivity contribution in [3.05, 3.63) is 78.2 Å². The van der Waals surface area contributed by atoms with Crippen molar-refractivity contribution < 1.29 is 0 Å². The number of para-hydroxylation sites is 1. The number of thioether (sulfide) groups is 1. The third kappa shape index (κ3) is 3.21. The molecular weight excluding hydrogens is 330 g/mol. The molecule has 2 heterocycles. The van der Waals surface area contributed by atoms with Crippen LogP contribution in [-0.4, -0.2) is 31.9 Å². The molecule has 0 spiro atoms. The maximum atomic E-state index is 4.51. The van der Waals surface area contributed by atoms with E-state index >= 15 is 0 Å². The minimum Gasteiger partial charge on any atom is -0.342 e. The van der Waals surface area contributed by atoms with Gasteiger partial charge in [-0.3, -0.25) is 0 Å². The van der Waals surface area contributed by atoms with Crippen molar-refractivity contribution in [3.63, 3.8) is 0 Å². The predicted octanol–water partition coefficient (Wildman–Crippen LogP) is 3.89. The average Bonchev–Trinajstić information content (AvgIpc) is 3.25. The zero-order chi connectivity index (χ0) is 17.1. The summed E-state index contributed by atoms with van der Waals surface area (Å²) in [7, 11) is 0. The summed E-state index contributed by atoms with van der Waals surface area (Å²) in [6, 6.07) is 18.8. The Bertz CT molecular complexity index is 1020. The summed E-state index contributed by atoms with van der Waals surface area (Å²) in [6.45, 7) is 0.831. The number of rotatable bonds is 5. The van der Waals surface area contributed by atoms with Gasteiger partial charge in [-0.1, -0.05) is 60.3 Å². The van der Waals surface area contributed by atoms with Gasteiger partial charge in [0.2, 0.25) is 5.16 Å². The first-order chi connectivity index (χ1) is 12.3. The Balaban J connectivity index is 1.72. The van der Waals surface area contributed by atoms with Crippen LogP contribution in [-0.2, 0) is 6.54 Å². The van der Waals surface area contributed by atoms with E-state index in [0.29, 0.717) is 0 Å². The first kappa shape index (κ1) is 15.7. The van der Waals surface area contributed by atoms with Gasteiger partial charge < -0.3 is 4.57 Å². The van der Waals surface area contributed by atoms with Crippen molar-refractivity contribution >= 4 is 28.9 Å². The molecule has 0 saturated heterocycles. The van der Waals surface area contributed by atoms with Crippen LogP contribution >= 0.6 is 11.8 Å². The second-order valence-corrected chi connectivity index (χ2v) is 6.40. The Morgan fingerprint density at radius 3 is 2.72 bits per heavy atom. The van der Waals surface area contributed by atoms with Crippen LogP contribution in [0.2, 0.25) is 0 Å². The lowest BCUT2D eigenvalue weighted by Crippen LogP contribution is -1.97. The molecule has 4 rings (SSSR count). The lowest BCUT2D eigenvalue weighted by molar-refractivity contribution is 0.768. The highest BCUT2D eigenvalue weighted by Gasteiger charge is 2.07. The number of hydrogen-bond acceptors (Lipinski definition) is 4. The van der Waals surface area contributed by atoms with Crippen molar-refractivity contribution in [2.45, 2.75) is 11.7 Å². The van der Waals surface area contributed by atoms with Crippen LogP contribution < -0.4 is 0 Å². The van der Waals surface area contributed by atoms with Crippen molar-refractivity contribution in [2.75, 3.05) is 6.26 Å². The van der Waals surface area contributed by atoms with Crippen LogP contribution in [0.15, 0.2) is 77.4 Å². The molecule has 0 aliphatic rings. The number of benzene rings is 2. The molecule has 2 aromatic heterocycles. The second-order valence-electron chi connectivity index (χ2n) is 5.62. The van der Waals surface area contributed by atoms with E-state index in [-0.39, 0.29) is 0 Å². The number of hydrogen-bond donors (Lipinski definition) is 0. The lowest BCUT2D eigenvalue weighted by Gasteiger charge is -2.05. The van der Waals surface area contributed by atoms with E-state index in [0.717, 1.165) is 17.3 Å². The molecule has 0 radical (unpaired) electrons. The van der Waals surface area contributed by atoms with E-state index in [1.807, 2.05) is 18.5 Å². The standard InChI is InChI=1S/C19H17N5S/c1-25-19-22-20-14-24(19)21-11-16-13-23(12-15-7-3-2-4-8-15)18-10-6-5-9-17(16)18/h2-11,13-14H,12H2,1H3/b21-11-. The molecule has 0 unspecified atom stereocenters. The molecular formula is C19H17N5S. The molecule has 0 saturated carbocycles. The van der Waals surface area contributed by atoms with Gasteiger partial charge in [0.25, 0.3) is 0 Å². The molecule has 25 heavy (non-hydrogen) atoms. The Morgan fingerprint density at radius 1 is 1.08 bits per heavy atom. The maximum absolute atomic E-state index is 4.51.